The lowest BCUT2D eigenvalue weighted by molar-refractivity contribution is -0.392. The number of nitrogens with zero attached hydrogens (tertiary/aromatic N) is 5. The van der Waals surface area contributed by atoms with Crippen LogP contribution in [0.5, 0.6) is 0 Å². The third-order valence-electron chi connectivity index (χ3n) is 3.86. The molecule has 2 heterocycles. The van der Waals surface area contributed by atoms with Crippen molar-refractivity contribution in [1.82, 2.24) is 15.0 Å². The molecule has 25 heavy (non-hydrogen) atoms. The maximum absolute atomic E-state index is 11.0. The highest BCUT2D eigenvalue weighted by molar-refractivity contribution is 5.78. The molecular weight excluding hydrogens is 332 g/mol. The SMILES string of the molecule is Cc1ncc([N+](=O)[O-])n1CC1=NNC(C)(c2ccc([N+](=O)[O-])cc2)O1. The van der Waals surface area contributed by atoms with Gasteiger partial charge < -0.3 is 14.9 Å². The van der Waals surface area contributed by atoms with Crippen LogP contribution >= 0.6 is 0 Å². The maximum Gasteiger partial charge on any atom is 0.343 e. The highest BCUT2D eigenvalue weighted by Crippen LogP contribution is 2.28. The molecule has 1 N–H and O–H groups in total. The largest absolute Gasteiger partial charge is 0.445 e. The van der Waals surface area contributed by atoms with Gasteiger partial charge >= 0.3 is 5.82 Å². The van der Waals surface area contributed by atoms with Crippen molar-refractivity contribution in [3.63, 3.8) is 0 Å². The Bertz CT molecular complexity index is 874. The monoisotopic (exact) mass is 346 g/mol. The number of rotatable bonds is 5. The normalized spacial score (nSPS) is 19.0. The molecule has 3 rings (SSSR count). The first-order valence-corrected chi connectivity index (χ1v) is 7.24. The number of benzene rings is 1. The Hall–Kier alpha value is -3.50. The predicted molar refractivity (Wildman–Crippen MR) is 85.7 cm³/mol. The molecule has 2 aromatic rings. The smallest absolute Gasteiger partial charge is 0.343 e. The minimum Gasteiger partial charge on any atom is -0.445 e. The topological polar surface area (TPSA) is 138 Å². The summed E-state index contributed by atoms with van der Waals surface area (Å²) in [4.78, 5) is 24.7. The number of hydrogen-bond acceptors (Lipinski definition) is 8. The average molecular weight is 346 g/mol. The van der Waals surface area contributed by atoms with E-state index in [0.717, 1.165) is 0 Å². The molecule has 0 saturated carbocycles. The van der Waals surface area contributed by atoms with Gasteiger partial charge in [0.25, 0.3) is 11.6 Å². The molecule has 1 aliphatic heterocycles. The van der Waals surface area contributed by atoms with E-state index in [0.29, 0.717) is 11.4 Å². The third kappa shape index (κ3) is 2.98. The Labute approximate surface area is 141 Å². The molecule has 0 bridgehead atoms. The zero-order valence-electron chi connectivity index (χ0n) is 13.4. The number of aromatic nitrogens is 2. The number of nitro groups is 2. The fourth-order valence-corrected chi connectivity index (χ4v) is 2.48. The van der Waals surface area contributed by atoms with Crippen molar-refractivity contribution in [2.45, 2.75) is 26.1 Å². The highest BCUT2D eigenvalue weighted by atomic mass is 16.6. The lowest BCUT2D eigenvalue weighted by Gasteiger charge is -2.23. The molecule has 0 aliphatic carbocycles. The van der Waals surface area contributed by atoms with Gasteiger partial charge in [-0.3, -0.25) is 15.5 Å². The first-order valence-electron chi connectivity index (χ1n) is 7.24. The van der Waals surface area contributed by atoms with Crippen LogP contribution in [0.2, 0.25) is 0 Å². The molecule has 11 heteroatoms. The van der Waals surface area contributed by atoms with Crippen LogP contribution < -0.4 is 5.43 Å². The first-order chi connectivity index (χ1) is 11.8. The van der Waals surface area contributed by atoms with Crippen LogP contribution in [0.3, 0.4) is 0 Å². The van der Waals surface area contributed by atoms with E-state index >= 15 is 0 Å². The number of imidazole rings is 1. The van der Waals surface area contributed by atoms with Crippen molar-refractivity contribution in [2.24, 2.45) is 5.10 Å². The standard InChI is InChI=1S/C14H14N6O5/c1-9-15-7-13(20(23)24)18(9)8-12-16-17-14(2,25-12)10-3-5-11(6-4-10)19(21)22/h3-7,17H,8H2,1-2H3. The van der Waals surface area contributed by atoms with Crippen molar-refractivity contribution < 1.29 is 14.6 Å². The lowest BCUT2D eigenvalue weighted by atomic mass is 10.1. The Balaban J connectivity index is 1.77. The van der Waals surface area contributed by atoms with Gasteiger partial charge in [-0.05, 0) is 17.1 Å². The molecule has 1 aromatic carbocycles. The van der Waals surface area contributed by atoms with E-state index < -0.39 is 15.6 Å². The molecule has 11 nitrogen and oxygen atoms in total. The van der Waals surface area contributed by atoms with Gasteiger partial charge in [0.1, 0.15) is 6.20 Å². The number of non-ortho nitro benzene ring substituents is 1. The van der Waals surface area contributed by atoms with Crippen LogP contribution in [0, 0.1) is 27.2 Å². The summed E-state index contributed by atoms with van der Waals surface area (Å²) in [5, 5.41) is 25.9. The van der Waals surface area contributed by atoms with E-state index in [9.17, 15) is 20.2 Å². The molecule has 1 unspecified atom stereocenters. The Morgan fingerprint density at radius 1 is 1.24 bits per heavy atom. The van der Waals surface area contributed by atoms with Crippen LogP contribution in [-0.2, 0) is 17.0 Å². The van der Waals surface area contributed by atoms with E-state index in [4.69, 9.17) is 4.74 Å². The van der Waals surface area contributed by atoms with Crippen LogP contribution in [0.25, 0.3) is 0 Å². The van der Waals surface area contributed by atoms with Gasteiger partial charge in [0.05, 0.1) is 4.92 Å². The summed E-state index contributed by atoms with van der Waals surface area (Å²) in [5.74, 6) is 0.541. The Kier molecular flexibility index (Phi) is 3.83. The van der Waals surface area contributed by atoms with Crippen LogP contribution in [0.1, 0.15) is 18.3 Å². The predicted octanol–water partition coefficient (Wildman–Crippen LogP) is 1.81. The molecule has 1 atom stereocenters. The lowest BCUT2D eigenvalue weighted by Crippen LogP contribution is -2.34. The maximum atomic E-state index is 11.0. The zero-order valence-corrected chi connectivity index (χ0v) is 13.4. The molecule has 1 aliphatic rings. The molecule has 0 amide bonds. The number of aryl methyl sites for hydroxylation is 1. The van der Waals surface area contributed by atoms with E-state index in [2.05, 4.69) is 15.5 Å². The average Bonchev–Trinajstić information content (AvgIpc) is 3.12. The van der Waals surface area contributed by atoms with Gasteiger partial charge in [0.2, 0.25) is 5.72 Å². The molecule has 0 radical (unpaired) electrons. The van der Waals surface area contributed by atoms with Crippen molar-refractivity contribution >= 4 is 17.4 Å². The summed E-state index contributed by atoms with van der Waals surface area (Å²) >= 11 is 0. The second-order valence-corrected chi connectivity index (χ2v) is 5.56. The van der Waals surface area contributed by atoms with E-state index in [1.54, 1.807) is 26.0 Å². The van der Waals surface area contributed by atoms with Crippen molar-refractivity contribution in [1.29, 1.82) is 0 Å². The molecule has 0 spiro atoms. The van der Waals surface area contributed by atoms with Gasteiger partial charge in [-0.2, -0.15) is 0 Å². The van der Waals surface area contributed by atoms with Gasteiger partial charge in [0.15, 0.2) is 12.4 Å². The number of hydrazone groups is 1. The number of nitrogens with one attached hydrogen (secondary N) is 1. The van der Waals surface area contributed by atoms with Crippen molar-refractivity contribution in [3.05, 3.63) is 62.1 Å². The zero-order chi connectivity index (χ0) is 18.2. The number of nitro benzene ring substituents is 1. The summed E-state index contributed by atoms with van der Waals surface area (Å²) in [6, 6.07) is 5.87. The van der Waals surface area contributed by atoms with Crippen molar-refractivity contribution in [2.75, 3.05) is 0 Å². The minimum absolute atomic E-state index is 0.0313. The fourth-order valence-electron chi connectivity index (χ4n) is 2.48. The van der Waals surface area contributed by atoms with Gasteiger partial charge in [-0.25, -0.2) is 9.55 Å². The van der Waals surface area contributed by atoms with Crippen LogP contribution in [-0.4, -0.2) is 25.3 Å². The van der Waals surface area contributed by atoms with Gasteiger partial charge in [-0.15, -0.1) is 5.10 Å². The molecule has 130 valence electrons. The van der Waals surface area contributed by atoms with Gasteiger partial charge in [0, 0.05) is 31.5 Å². The van der Waals surface area contributed by atoms with Crippen LogP contribution in [0.4, 0.5) is 11.5 Å². The van der Waals surface area contributed by atoms with E-state index in [1.807, 2.05) is 0 Å². The summed E-state index contributed by atoms with van der Waals surface area (Å²) in [7, 11) is 0. The second-order valence-electron chi connectivity index (χ2n) is 5.56. The van der Waals surface area contributed by atoms with Crippen LogP contribution in [0.15, 0.2) is 35.6 Å². The Morgan fingerprint density at radius 2 is 1.92 bits per heavy atom. The minimum atomic E-state index is -1.02. The summed E-state index contributed by atoms with van der Waals surface area (Å²) in [6.07, 6.45) is 1.17. The summed E-state index contributed by atoms with van der Waals surface area (Å²) in [5.41, 5.74) is 2.40. The van der Waals surface area contributed by atoms with Gasteiger partial charge in [-0.1, -0.05) is 0 Å². The number of hydrogen-bond donors (Lipinski definition) is 1. The molecule has 0 fully saturated rings. The van der Waals surface area contributed by atoms with E-state index in [-0.39, 0.29) is 23.9 Å². The third-order valence-corrected chi connectivity index (χ3v) is 3.86. The number of ether oxygens (including phenoxy) is 1. The first kappa shape index (κ1) is 16.4. The highest BCUT2D eigenvalue weighted by Gasteiger charge is 2.36. The van der Waals surface area contributed by atoms with E-state index in [1.165, 1.54) is 22.9 Å². The summed E-state index contributed by atoms with van der Waals surface area (Å²) < 4.78 is 7.17. The molecule has 0 saturated heterocycles. The quantitative estimate of drug-likeness (QED) is 0.643. The Morgan fingerprint density at radius 3 is 2.52 bits per heavy atom. The summed E-state index contributed by atoms with van der Waals surface area (Å²) in [6.45, 7) is 3.39. The van der Waals surface area contributed by atoms with Crippen molar-refractivity contribution in [3.8, 4) is 0 Å². The second kappa shape index (κ2) is 5.85. The molecule has 1 aromatic heterocycles. The molecular formula is C14H14N6O5. The fraction of sp³-hybridized carbons (Fsp3) is 0.286.